The number of nitrogens with zero attached hydrogens (tertiary/aromatic N) is 2. The second kappa shape index (κ2) is 8.16. The van der Waals surface area contributed by atoms with Crippen molar-refractivity contribution in [3.05, 3.63) is 60.2 Å². The summed E-state index contributed by atoms with van der Waals surface area (Å²) in [4.78, 5) is 14.2. The van der Waals surface area contributed by atoms with Gasteiger partial charge in [-0.25, -0.2) is 8.42 Å². The van der Waals surface area contributed by atoms with E-state index in [1.54, 1.807) is 59.5 Å². The summed E-state index contributed by atoms with van der Waals surface area (Å²) in [5.41, 5.74) is 1.43. The van der Waals surface area contributed by atoms with Gasteiger partial charge in [-0.2, -0.15) is 0 Å². The molecule has 0 saturated carbocycles. The Morgan fingerprint density at radius 2 is 1.48 bits per heavy atom. The van der Waals surface area contributed by atoms with Crippen LogP contribution in [-0.4, -0.2) is 39.4 Å². The van der Waals surface area contributed by atoms with Gasteiger partial charge in [0.05, 0.1) is 17.0 Å². The van der Waals surface area contributed by atoms with Gasteiger partial charge < -0.3 is 4.90 Å². The van der Waals surface area contributed by atoms with Crippen molar-refractivity contribution in [3.63, 3.8) is 0 Å². The summed E-state index contributed by atoms with van der Waals surface area (Å²) in [6.45, 7) is 5.28. The number of sulfonamides is 1. The predicted molar refractivity (Wildman–Crippen MR) is 100 cm³/mol. The maximum absolute atomic E-state index is 12.6. The van der Waals surface area contributed by atoms with E-state index in [-0.39, 0.29) is 10.8 Å². The standard InChI is InChI=1S/C19H24N2O3S/c1-4-21(5-2)19(22)15-16-11-13-17(14-12-16)20(3)25(23,24)18-9-7-6-8-10-18/h6-14H,4-5,15H2,1-3H3. The SMILES string of the molecule is CCN(CC)C(=O)Cc1ccc(N(C)S(=O)(=O)c2ccccc2)cc1. The molecule has 0 spiro atoms. The summed E-state index contributed by atoms with van der Waals surface area (Å²) in [6, 6.07) is 15.4. The highest BCUT2D eigenvalue weighted by Gasteiger charge is 2.21. The second-order valence-electron chi connectivity index (χ2n) is 5.69. The van der Waals surface area contributed by atoms with E-state index in [9.17, 15) is 13.2 Å². The molecule has 0 aliphatic heterocycles. The highest BCUT2D eigenvalue weighted by molar-refractivity contribution is 7.92. The zero-order valence-electron chi connectivity index (χ0n) is 14.8. The summed E-state index contributed by atoms with van der Waals surface area (Å²) in [5, 5.41) is 0. The molecule has 2 aromatic carbocycles. The van der Waals surface area contributed by atoms with Gasteiger partial charge in [0.15, 0.2) is 0 Å². The number of anilines is 1. The first kappa shape index (κ1) is 19.0. The second-order valence-corrected chi connectivity index (χ2v) is 7.66. The lowest BCUT2D eigenvalue weighted by atomic mass is 10.1. The van der Waals surface area contributed by atoms with E-state index in [2.05, 4.69) is 0 Å². The first-order valence-corrected chi connectivity index (χ1v) is 9.74. The van der Waals surface area contributed by atoms with Crippen molar-refractivity contribution >= 4 is 21.6 Å². The topological polar surface area (TPSA) is 57.7 Å². The van der Waals surface area contributed by atoms with Gasteiger partial charge in [0, 0.05) is 20.1 Å². The summed E-state index contributed by atoms with van der Waals surface area (Å²) >= 11 is 0. The molecule has 0 bridgehead atoms. The van der Waals surface area contributed by atoms with Crippen LogP contribution in [0.4, 0.5) is 5.69 Å². The average molecular weight is 360 g/mol. The highest BCUT2D eigenvalue weighted by atomic mass is 32.2. The molecule has 134 valence electrons. The fraction of sp³-hybridized carbons (Fsp3) is 0.316. The molecule has 2 rings (SSSR count). The summed E-state index contributed by atoms with van der Waals surface area (Å²) < 4.78 is 26.5. The Bertz CT molecular complexity index is 798. The van der Waals surface area contributed by atoms with Gasteiger partial charge in [0.25, 0.3) is 10.0 Å². The maximum Gasteiger partial charge on any atom is 0.264 e. The van der Waals surface area contributed by atoms with Gasteiger partial charge in [0.1, 0.15) is 0 Å². The number of rotatable bonds is 7. The molecule has 0 radical (unpaired) electrons. The van der Waals surface area contributed by atoms with Crippen LogP contribution in [0.1, 0.15) is 19.4 Å². The number of benzene rings is 2. The van der Waals surface area contributed by atoms with Crippen molar-refractivity contribution < 1.29 is 13.2 Å². The Labute approximate surface area is 149 Å². The van der Waals surface area contributed by atoms with E-state index in [1.165, 1.54) is 11.4 Å². The minimum Gasteiger partial charge on any atom is -0.343 e. The third kappa shape index (κ3) is 4.39. The minimum absolute atomic E-state index is 0.0722. The minimum atomic E-state index is -3.59. The molecule has 0 aliphatic carbocycles. The molecule has 0 aliphatic rings. The largest absolute Gasteiger partial charge is 0.343 e. The van der Waals surface area contributed by atoms with E-state index in [0.29, 0.717) is 25.2 Å². The van der Waals surface area contributed by atoms with Crippen LogP contribution in [0.3, 0.4) is 0 Å². The van der Waals surface area contributed by atoms with Gasteiger partial charge in [0.2, 0.25) is 5.91 Å². The van der Waals surface area contributed by atoms with Gasteiger partial charge >= 0.3 is 0 Å². The molecule has 0 heterocycles. The fourth-order valence-electron chi connectivity index (χ4n) is 2.58. The van der Waals surface area contributed by atoms with E-state index in [1.807, 2.05) is 13.8 Å². The Kier molecular flexibility index (Phi) is 6.20. The average Bonchev–Trinajstić information content (AvgIpc) is 2.63. The van der Waals surface area contributed by atoms with Crippen LogP contribution < -0.4 is 4.31 Å². The van der Waals surface area contributed by atoms with Crippen LogP contribution in [-0.2, 0) is 21.2 Å². The molecule has 0 atom stereocenters. The van der Waals surface area contributed by atoms with E-state index < -0.39 is 10.0 Å². The van der Waals surface area contributed by atoms with Gasteiger partial charge in [-0.05, 0) is 43.7 Å². The molecule has 0 saturated heterocycles. The number of amides is 1. The molecule has 5 nitrogen and oxygen atoms in total. The monoisotopic (exact) mass is 360 g/mol. The van der Waals surface area contributed by atoms with Crippen molar-refractivity contribution in [1.82, 2.24) is 4.90 Å². The quantitative estimate of drug-likeness (QED) is 0.763. The van der Waals surface area contributed by atoms with Crippen molar-refractivity contribution in [3.8, 4) is 0 Å². The lowest BCUT2D eigenvalue weighted by Crippen LogP contribution is -2.31. The molecule has 2 aromatic rings. The summed E-state index contributed by atoms with van der Waals surface area (Å²) in [7, 11) is -2.06. The third-order valence-corrected chi connectivity index (χ3v) is 5.97. The molecule has 0 N–H and O–H groups in total. The maximum atomic E-state index is 12.6. The van der Waals surface area contributed by atoms with Crippen LogP contribution in [0.25, 0.3) is 0 Å². The summed E-state index contributed by atoms with van der Waals surface area (Å²) in [5.74, 6) is 0.0722. The lowest BCUT2D eigenvalue weighted by molar-refractivity contribution is -0.130. The van der Waals surface area contributed by atoms with E-state index in [4.69, 9.17) is 0 Å². The molecule has 25 heavy (non-hydrogen) atoms. The molecule has 0 fully saturated rings. The van der Waals surface area contributed by atoms with Crippen molar-refractivity contribution in [2.75, 3.05) is 24.4 Å². The van der Waals surface area contributed by atoms with Gasteiger partial charge in [-0.1, -0.05) is 30.3 Å². The molecule has 6 heteroatoms. The molecular formula is C19H24N2O3S. The molecule has 1 amide bonds. The Hall–Kier alpha value is -2.34. The van der Waals surface area contributed by atoms with Crippen LogP contribution in [0.15, 0.2) is 59.5 Å². The van der Waals surface area contributed by atoms with Crippen molar-refractivity contribution in [1.29, 1.82) is 0 Å². The molecule has 0 unspecified atom stereocenters. The lowest BCUT2D eigenvalue weighted by Gasteiger charge is -2.20. The number of likely N-dealkylation sites (N-methyl/N-ethyl adjacent to an activating group) is 1. The van der Waals surface area contributed by atoms with Crippen LogP contribution >= 0.6 is 0 Å². The smallest absolute Gasteiger partial charge is 0.264 e. The third-order valence-electron chi connectivity index (χ3n) is 4.17. The normalized spacial score (nSPS) is 11.2. The van der Waals surface area contributed by atoms with E-state index in [0.717, 1.165) is 5.56 Å². The number of hydrogen-bond donors (Lipinski definition) is 0. The molecular weight excluding hydrogens is 336 g/mol. The van der Waals surface area contributed by atoms with Gasteiger partial charge in [-0.3, -0.25) is 9.10 Å². The van der Waals surface area contributed by atoms with Gasteiger partial charge in [-0.15, -0.1) is 0 Å². The Morgan fingerprint density at radius 1 is 0.920 bits per heavy atom. The first-order chi connectivity index (χ1) is 11.9. The zero-order chi connectivity index (χ0) is 18.4. The summed E-state index contributed by atoms with van der Waals surface area (Å²) in [6.07, 6.45) is 0.317. The highest BCUT2D eigenvalue weighted by Crippen LogP contribution is 2.22. The Balaban J connectivity index is 2.15. The predicted octanol–water partition coefficient (Wildman–Crippen LogP) is 2.92. The number of hydrogen-bond acceptors (Lipinski definition) is 3. The molecule has 0 aromatic heterocycles. The van der Waals surface area contributed by atoms with E-state index >= 15 is 0 Å². The van der Waals surface area contributed by atoms with Crippen molar-refractivity contribution in [2.45, 2.75) is 25.2 Å². The zero-order valence-corrected chi connectivity index (χ0v) is 15.7. The van der Waals surface area contributed by atoms with Crippen molar-refractivity contribution in [2.24, 2.45) is 0 Å². The first-order valence-electron chi connectivity index (χ1n) is 8.30. The number of carbonyl (C=O) groups is 1. The number of carbonyl (C=O) groups excluding carboxylic acids is 1. The fourth-order valence-corrected chi connectivity index (χ4v) is 3.79. The van der Waals surface area contributed by atoms with Crippen LogP contribution in [0.2, 0.25) is 0 Å². The van der Waals surface area contributed by atoms with Crippen LogP contribution in [0, 0.1) is 0 Å². The van der Waals surface area contributed by atoms with Crippen LogP contribution in [0.5, 0.6) is 0 Å². The Morgan fingerprint density at radius 3 is 2.00 bits per heavy atom.